The predicted octanol–water partition coefficient (Wildman–Crippen LogP) is 7.07. The van der Waals surface area contributed by atoms with E-state index in [0.717, 1.165) is 39.7 Å². The fraction of sp³-hybridized carbons (Fsp3) is 0.759. The van der Waals surface area contributed by atoms with Crippen LogP contribution in [0.1, 0.15) is 97.4 Å². The van der Waals surface area contributed by atoms with Gasteiger partial charge in [-0.2, -0.15) is 43.2 Å². The molecule has 1 saturated carbocycles. The Labute approximate surface area is 266 Å². The van der Waals surface area contributed by atoms with E-state index in [9.17, 15) is 48.0 Å². The van der Waals surface area contributed by atoms with Crippen LogP contribution in [0.5, 0.6) is 5.75 Å². The van der Waals surface area contributed by atoms with Crippen molar-refractivity contribution in [2.24, 2.45) is 17.8 Å². The lowest BCUT2D eigenvalue weighted by atomic mass is 9.75. The van der Waals surface area contributed by atoms with E-state index in [4.69, 9.17) is 9.47 Å². The molecule has 3 rings (SSSR count). The average molecular weight is 710 g/mol. The van der Waals surface area contributed by atoms with Crippen LogP contribution in [0.4, 0.5) is 32.0 Å². The Balaban J connectivity index is 2.35. The number of sulfonamides is 1. The van der Waals surface area contributed by atoms with Crippen LogP contribution >= 0.6 is 0 Å². The van der Waals surface area contributed by atoms with Gasteiger partial charge in [-0.3, -0.25) is 4.31 Å². The summed E-state index contributed by atoms with van der Waals surface area (Å²) in [6.45, 7) is 13.8. The monoisotopic (exact) mass is 709 g/mol. The molecule has 0 amide bonds. The number of anilines is 1. The van der Waals surface area contributed by atoms with Gasteiger partial charge in [0.15, 0.2) is 11.9 Å². The Bertz CT molecular complexity index is 1550. The molecule has 0 radical (unpaired) electrons. The summed E-state index contributed by atoms with van der Waals surface area (Å²) in [5.74, 6) is -2.03. The highest BCUT2D eigenvalue weighted by Gasteiger charge is 2.58. The number of fused-ring (bicyclic) bond motifs is 1. The van der Waals surface area contributed by atoms with E-state index in [2.05, 4.69) is 4.18 Å². The van der Waals surface area contributed by atoms with Crippen molar-refractivity contribution >= 4 is 31.8 Å². The van der Waals surface area contributed by atoms with Gasteiger partial charge in [0, 0.05) is 17.5 Å². The lowest BCUT2D eigenvalue weighted by Crippen LogP contribution is -2.50. The molecule has 9 nitrogen and oxygen atoms in total. The van der Waals surface area contributed by atoms with Crippen LogP contribution in [0.3, 0.4) is 0 Å². The topological polar surface area (TPSA) is 116 Å². The van der Waals surface area contributed by atoms with Crippen LogP contribution in [-0.4, -0.2) is 51.1 Å². The highest BCUT2D eigenvalue weighted by molar-refractivity contribution is 7.93. The molecule has 0 N–H and O–H groups in total. The van der Waals surface area contributed by atoms with Gasteiger partial charge in [0.2, 0.25) is 0 Å². The van der Waals surface area contributed by atoms with Crippen LogP contribution < -0.4 is 8.49 Å². The summed E-state index contributed by atoms with van der Waals surface area (Å²) in [6, 6.07) is 0.932. The molecule has 2 aliphatic rings. The third-order valence-corrected chi connectivity index (χ3v) is 10.9. The lowest BCUT2D eigenvalue weighted by Gasteiger charge is -2.38. The van der Waals surface area contributed by atoms with Crippen LogP contribution in [0.25, 0.3) is 0 Å². The molecule has 0 aromatic heterocycles. The zero-order valence-electron chi connectivity index (χ0n) is 27.1. The molecule has 0 bridgehead atoms. The molecule has 1 fully saturated rings. The summed E-state index contributed by atoms with van der Waals surface area (Å²) in [7, 11) is -12.6. The molecule has 1 aliphatic carbocycles. The third kappa shape index (κ3) is 7.55. The zero-order valence-corrected chi connectivity index (χ0v) is 28.7. The molecule has 17 heteroatoms. The van der Waals surface area contributed by atoms with Gasteiger partial charge in [-0.25, -0.2) is 4.79 Å². The van der Waals surface area contributed by atoms with E-state index in [1.807, 2.05) is 20.8 Å². The highest BCUT2D eigenvalue weighted by atomic mass is 32.2. The first-order chi connectivity index (χ1) is 20.5. The number of alkyl halides is 6. The summed E-state index contributed by atoms with van der Waals surface area (Å²) in [4.78, 5) is 14.0. The minimum atomic E-state index is -6.49. The van der Waals surface area contributed by atoms with Gasteiger partial charge in [0.25, 0.3) is 0 Å². The van der Waals surface area contributed by atoms with Crippen molar-refractivity contribution in [1.82, 2.24) is 0 Å². The second kappa shape index (κ2) is 12.3. The van der Waals surface area contributed by atoms with Crippen LogP contribution in [0, 0.1) is 24.7 Å². The Morgan fingerprint density at radius 3 is 2.04 bits per heavy atom. The number of ether oxygens (including phenoxy) is 2. The molecule has 1 aromatic rings. The van der Waals surface area contributed by atoms with Crippen molar-refractivity contribution in [1.29, 1.82) is 0 Å². The number of rotatable bonds is 8. The molecule has 0 saturated heterocycles. The van der Waals surface area contributed by atoms with Crippen LogP contribution in [0.15, 0.2) is 6.07 Å². The zero-order chi connectivity index (χ0) is 35.6. The number of carbonyl (C=O) groups is 1. The van der Waals surface area contributed by atoms with Crippen molar-refractivity contribution in [2.45, 2.75) is 122 Å². The third-order valence-electron chi connectivity index (χ3n) is 8.17. The van der Waals surface area contributed by atoms with Gasteiger partial charge in [-0.15, -0.1) is 0 Å². The smallest absolute Gasteiger partial charge is 0.460 e. The standard InChI is InChI=1S/C29H41F6NO8S2/c1-15(2)18-11-10-16(3)12-21(18)42-25(37)24(43-26(5,6)7)22-17(4)13-20-19(23(22)44-46(40,41)29(33,34)35)14-27(8,9)36(20)45(38,39)28(30,31)32/h13,15-16,18,21,24H,10-12,14H2,1-9H3/t16-,18+,21-,24+/m1/s1. The highest BCUT2D eigenvalue weighted by Crippen LogP contribution is 2.52. The summed E-state index contributed by atoms with van der Waals surface area (Å²) in [5.41, 5.74) is -17.1. The van der Waals surface area contributed by atoms with E-state index >= 15 is 0 Å². The fourth-order valence-corrected chi connectivity index (χ4v) is 8.03. The largest absolute Gasteiger partial charge is 0.534 e. The molecule has 0 spiro atoms. The molecule has 1 heterocycles. The van der Waals surface area contributed by atoms with Gasteiger partial charge in [-0.05, 0) is 83.8 Å². The van der Waals surface area contributed by atoms with Crippen molar-refractivity contribution < 1.29 is 61.6 Å². The summed E-state index contributed by atoms with van der Waals surface area (Å²) in [6.07, 6.45) is -1.15. The Morgan fingerprint density at radius 1 is 1.00 bits per heavy atom. The van der Waals surface area contributed by atoms with Gasteiger partial charge in [0.05, 0.1) is 16.8 Å². The molecule has 1 aromatic carbocycles. The summed E-state index contributed by atoms with van der Waals surface area (Å²) < 4.78 is 149. The number of halogens is 6. The van der Waals surface area contributed by atoms with Crippen molar-refractivity contribution in [3.05, 3.63) is 22.8 Å². The second-order valence-electron chi connectivity index (χ2n) is 14.0. The first-order valence-corrected chi connectivity index (χ1v) is 17.5. The molecule has 264 valence electrons. The summed E-state index contributed by atoms with van der Waals surface area (Å²) in [5, 5.41) is 0. The summed E-state index contributed by atoms with van der Waals surface area (Å²) >= 11 is 0. The number of hydrogen-bond acceptors (Lipinski definition) is 8. The maximum atomic E-state index is 14.0. The maximum absolute atomic E-state index is 14.0. The predicted molar refractivity (Wildman–Crippen MR) is 157 cm³/mol. The molecule has 1 aliphatic heterocycles. The van der Waals surface area contributed by atoms with Gasteiger partial charge in [-0.1, -0.05) is 27.2 Å². The molecule has 46 heavy (non-hydrogen) atoms. The molecular formula is C29H41F6NO8S2. The van der Waals surface area contributed by atoms with E-state index in [0.29, 0.717) is 6.42 Å². The Kier molecular flexibility index (Phi) is 10.2. The number of hydrogen-bond donors (Lipinski definition) is 0. The van der Waals surface area contributed by atoms with Crippen LogP contribution in [0.2, 0.25) is 0 Å². The second-order valence-corrected chi connectivity index (χ2v) is 17.3. The number of carbonyl (C=O) groups excluding carboxylic acids is 1. The van der Waals surface area contributed by atoms with E-state index in [1.165, 1.54) is 20.8 Å². The number of aryl methyl sites for hydroxylation is 1. The van der Waals surface area contributed by atoms with Crippen molar-refractivity contribution in [3.63, 3.8) is 0 Å². The van der Waals surface area contributed by atoms with Gasteiger partial charge in [0.1, 0.15) is 6.10 Å². The molecule has 0 unspecified atom stereocenters. The number of benzene rings is 1. The first kappa shape index (κ1) is 38.2. The SMILES string of the molecule is Cc1cc2c(c(OS(=O)(=O)C(F)(F)F)c1[C@H](OC(C)(C)C)C(=O)O[C@@H]1C[C@H](C)CC[C@H]1C(C)C)CC(C)(C)N2S(=O)(=O)C(F)(F)F. The Morgan fingerprint density at radius 2 is 1.57 bits per heavy atom. The molecule has 4 atom stereocenters. The van der Waals surface area contributed by atoms with Crippen molar-refractivity contribution in [2.75, 3.05) is 4.31 Å². The van der Waals surface area contributed by atoms with Gasteiger partial charge >= 0.3 is 37.1 Å². The van der Waals surface area contributed by atoms with E-state index in [1.54, 1.807) is 0 Å². The minimum absolute atomic E-state index is 0.0201. The number of nitrogens with zero attached hydrogens (tertiary/aromatic N) is 1. The fourth-order valence-electron chi connectivity index (χ4n) is 6.19. The minimum Gasteiger partial charge on any atom is -0.460 e. The van der Waals surface area contributed by atoms with Gasteiger partial charge < -0.3 is 13.7 Å². The quantitative estimate of drug-likeness (QED) is 0.122. The molecular weight excluding hydrogens is 668 g/mol. The van der Waals surface area contributed by atoms with Crippen molar-refractivity contribution in [3.8, 4) is 5.75 Å². The number of esters is 1. The lowest BCUT2D eigenvalue weighted by molar-refractivity contribution is -0.179. The van der Waals surface area contributed by atoms with E-state index in [-0.39, 0.29) is 27.6 Å². The average Bonchev–Trinajstić information content (AvgIpc) is 3.10. The normalized spacial score (nSPS) is 23.3. The Hall–Kier alpha value is -2.27. The maximum Gasteiger partial charge on any atom is 0.534 e. The van der Waals surface area contributed by atoms with E-state index < -0.39 is 89.5 Å². The first-order valence-electron chi connectivity index (χ1n) is 14.7. The van der Waals surface area contributed by atoms with Crippen LogP contribution in [-0.2, 0) is 40.8 Å².